The fourth-order valence-electron chi connectivity index (χ4n) is 2.99. The number of rotatable bonds is 18. The van der Waals surface area contributed by atoms with Crippen LogP contribution in [0.2, 0.25) is 0 Å². The van der Waals surface area contributed by atoms with Crippen LogP contribution in [0.5, 0.6) is 11.5 Å². The number of unbranched alkanes of at least 4 members (excludes halogenated alkanes) is 6. The van der Waals surface area contributed by atoms with Crippen molar-refractivity contribution in [1.82, 2.24) is 0 Å². The van der Waals surface area contributed by atoms with E-state index in [-0.39, 0.29) is 11.9 Å². The van der Waals surface area contributed by atoms with Gasteiger partial charge in [0.2, 0.25) is 0 Å². The smallest absolute Gasteiger partial charge is 0.333 e. The van der Waals surface area contributed by atoms with Gasteiger partial charge < -0.3 is 18.9 Å². The molecule has 0 saturated heterocycles. The van der Waals surface area contributed by atoms with Crippen LogP contribution >= 0.6 is 0 Å². The maximum atomic E-state index is 12.0. The van der Waals surface area contributed by atoms with E-state index in [9.17, 15) is 9.59 Å². The van der Waals surface area contributed by atoms with Gasteiger partial charge in [-0.3, -0.25) is 0 Å². The van der Waals surface area contributed by atoms with Crippen molar-refractivity contribution in [3.63, 3.8) is 0 Å². The topological polar surface area (TPSA) is 71.1 Å². The van der Waals surface area contributed by atoms with Crippen molar-refractivity contribution in [2.24, 2.45) is 0 Å². The zero-order valence-electron chi connectivity index (χ0n) is 20.5. The van der Waals surface area contributed by atoms with Gasteiger partial charge in [0.05, 0.1) is 26.4 Å². The standard InChI is InChI=1S/C27H40O6/c1-5-18-31-25-21-23(14-16-24(25)30-6-2)15-17-26(28)32-19-12-10-8-7-9-11-13-20-33-27(29)22(3)4/h14-17,21H,3,5-13,18-20H2,1-2,4H3. The normalized spacial score (nSPS) is 10.8. The maximum absolute atomic E-state index is 12.0. The maximum Gasteiger partial charge on any atom is 0.333 e. The van der Waals surface area contributed by atoms with Gasteiger partial charge in [-0.1, -0.05) is 51.7 Å². The number of esters is 2. The molecule has 0 amide bonds. The van der Waals surface area contributed by atoms with Gasteiger partial charge >= 0.3 is 11.9 Å². The molecule has 1 aromatic carbocycles. The Labute approximate surface area is 198 Å². The Hall–Kier alpha value is -2.76. The molecule has 33 heavy (non-hydrogen) atoms. The van der Waals surface area contributed by atoms with Gasteiger partial charge in [0.15, 0.2) is 11.5 Å². The van der Waals surface area contributed by atoms with E-state index in [1.807, 2.05) is 32.0 Å². The highest BCUT2D eigenvalue weighted by atomic mass is 16.5. The van der Waals surface area contributed by atoms with Crippen molar-refractivity contribution in [3.05, 3.63) is 42.0 Å². The Balaban J connectivity index is 2.17. The molecule has 0 aromatic heterocycles. The highest BCUT2D eigenvalue weighted by molar-refractivity contribution is 5.87. The molecular formula is C27H40O6. The Kier molecular flexibility index (Phi) is 15.2. The summed E-state index contributed by atoms with van der Waals surface area (Å²) in [4.78, 5) is 23.2. The van der Waals surface area contributed by atoms with Crippen LogP contribution in [-0.4, -0.2) is 38.4 Å². The molecule has 0 spiro atoms. The first-order valence-electron chi connectivity index (χ1n) is 12.0. The van der Waals surface area contributed by atoms with Gasteiger partial charge in [0.1, 0.15) is 0 Å². The summed E-state index contributed by atoms with van der Waals surface area (Å²) in [5.41, 5.74) is 1.30. The Morgan fingerprint density at radius 2 is 1.48 bits per heavy atom. The average molecular weight is 461 g/mol. The molecule has 0 fully saturated rings. The first-order valence-corrected chi connectivity index (χ1v) is 12.0. The van der Waals surface area contributed by atoms with E-state index in [2.05, 4.69) is 6.58 Å². The third-order valence-electron chi connectivity index (χ3n) is 4.76. The first kappa shape index (κ1) is 28.3. The number of carbonyl (C=O) groups excluding carboxylic acids is 2. The highest BCUT2D eigenvalue weighted by Crippen LogP contribution is 2.29. The third-order valence-corrected chi connectivity index (χ3v) is 4.76. The van der Waals surface area contributed by atoms with E-state index in [0.29, 0.717) is 43.5 Å². The van der Waals surface area contributed by atoms with Crippen molar-refractivity contribution in [2.45, 2.75) is 72.1 Å². The SMILES string of the molecule is C=C(C)C(=O)OCCCCCCCCCOC(=O)C=Cc1ccc(OCC)c(OCCC)c1. The summed E-state index contributed by atoms with van der Waals surface area (Å²) in [5.74, 6) is 0.729. The van der Waals surface area contributed by atoms with Crippen molar-refractivity contribution < 1.29 is 28.5 Å². The fourth-order valence-corrected chi connectivity index (χ4v) is 2.99. The van der Waals surface area contributed by atoms with Crippen LogP contribution in [0.3, 0.4) is 0 Å². The van der Waals surface area contributed by atoms with Crippen LogP contribution in [0.15, 0.2) is 36.4 Å². The number of ether oxygens (including phenoxy) is 4. The van der Waals surface area contributed by atoms with E-state index >= 15 is 0 Å². The van der Waals surface area contributed by atoms with Crippen molar-refractivity contribution >= 4 is 18.0 Å². The predicted molar refractivity (Wildman–Crippen MR) is 131 cm³/mol. The minimum Gasteiger partial charge on any atom is -0.490 e. The molecule has 6 heteroatoms. The number of benzene rings is 1. The second-order valence-corrected chi connectivity index (χ2v) is 7.88. The number of hydrogen-bond donors (Lipinski definition) is 0. The fraction of sp³-hybridized carbons (Fsp3) is 0.556. The van der Waals surface area contributed by atoms with E-state index in [4.69, 9.17) is 18.9 Å². The van der Waals surface area contributed by atoms with Crippen molar-refractivity contribution in [2.75, 3.05) is 26.4 Å². The molecule has 0 atom stereocenters. The summed E-state index contributed by atoms with van der Waals surface area (Å²) >= 11 is 0. The average Bonchev–Trinajstić information content (AvgIpc) is 2.80. The molecule has 184 valence electrons. The molecule has 0 aliphatic carbocycles. The van der Waals surface area contributed by atoms with Crippen LogP contribution in [-0.2, 0) is 19.1 Å². The van der Waals surface area contributed by atoms with Gasteiger partial charge in [-0.2, -0.15) is 0 Å². The van der Waals surface area contributed by atoms with E-state index in [1.54, 1.807) is 13.0 Å². The quantitative estimate of drug-likeness (QED) is 0.146. The van der Waals surface area contributed by atoms with Crippen molar-refractivity contribution in [1.29, 1.82) is 0 Å². The predicted octanol–water partition coefficient (Wildman–Crippen LogP) is 6.28. The van der Waals surface area contributed by atoms with E-state index < -0.39 is 0 Å². The second-order valence-electron chi connectivity index (χ2n) is 7.88. The Morgan fingerprint density at radius 1 is 0.848 bits per heavy atom. The molecule has 0 unspecified atom stereocenters. The molecule has 1 aromatic rings. The zero-order chi connectivity index (χ0) is 24.3. The molecule has 0 aliphatic heterocycles. The van der Waals surface area contributed by atoms with Crippen molar-refractivity contribution in [3.8, 4) is 11.5 Å². The van der Waals surface area contributed by atoms with E-state index in [1.165, 1.54) is 6.08 Å². The highest BCUT2D eigenvalue weighted by Gasteiger charge is 2.06. The zero-order valence-corrected chi connectivity index (χ0v) is 20.5. The molecule has 6 nitrogen and oxygen atoms in total. The molecule has 0 N–H and O–H groups in total. The first-order chi connectivity index (χ1) is 16.0. The molecular weight excluding hydrogens is 420 g/mol. The summed E-state index contributed by atoms with van der Waals surface area (Å²) < 4.78 is 21.7. The van der Waals surface area contributed by atoms with Gasteiger partial charge in [-0.05, 0) is 56.9 Å². The van der Waals surface area contributed by atoms with Gasteiger partial charge in [0.25, 0.3) is 0 Å². The van der Waals surface area contributed by atoms with Crippen LogP contribution in [0.1, 0.15) is 77.7 Å². The summed E-state index contributed by atoms with van der Waals surface area (Å²) in [6, 6.07) is 5.61. The summed E-state index contributed by atoms with van der Waals surface area (Å²) in [5, 5.41) is 0. The number of carbonyl (C=O) groups is 2. The molecule has 1 rings (SSSR count). The number of hydrogen-bond acceptors (Lipinski definition) is 6. The molecule has 0 bridgehead atoms. The summed E-state index contributed by atoms with van der Waals surface area (Å²) in [6.45, 7) is 11.2. The third kappa shape index (κ3) is 13.4. The van der Waals surface area contributed by atoms with E-state index in [0.717, 1.165) is 56.9 Å². The second kappa shape index (κ2) is 17.8. The largest absolute Gasteiger partial charge is 0.490 e. The summed E-state index contributed by atoms with van der Waals surface area (Å²) in [6.07, 6.45) is 11.2. The minimum absolute atomic E-state index is 0.315. The minimum atomic E-state index is -0.343. The molecule has 0 heterocycles. The van der Waals surface area contributed by atoms with Crippen LogP contribution in [0, 0.1) is 0 Å². The Bertz CT molecular complexity index is 753. The molecule has 0 radical (unpaired) electrons. The lowest BCUT2D eigenvalue weighted by molar-refractivity contribution is -0.139. The lowest BCUT2D eigenvalue weighted by atomic mass is 10.1. The molecule has 0 saturated carbocycles. The van der Waals surface area contributed by atoms with Crippen LogP contribution in [0.25, 0.3) is 6.08 Å². The summed E-state index contributed by atoms with van der Waals surface area (Å²) in [7, 11) is 0. The molecule has 0 aliphatic rings. The lowest BCUT2D eigenvalue weighted by Crippen LogP contribution is -2.06. The Morgan fingerprint density at radius 3 is 2.09 bits per heavy atom. The van der Waals surface area contributed by atoms with Crippen LogP contribution in [0.4, 0.5) is 0 Å². The lowest BCUT2D eigenvalue weighted by Gasteiger charge is -2.12. The van der Waals surface area contributed by atoms with Gasteiger partial charge in [0, 0.05) is 11.6 Å². The van der Waals surface area contributed by atoms with Gasteiger partial charge in [-0.15, -0.1) is 0 Å². The monoisotopic (exact) mass is 460 g/mol. The van der Waals surface area contributed by atoms with Crippen LogP contribution < -0.4 is 9.47 Å². The van der Waals surface area contributed by atoms with Gasteiger partial charge in [-0.25, -0.2) is 9.59 Å².